The molecule has 0 spiro atoms. The SMILES string of the molecule is C[C@@H](N=Cc1ccc(O)cc1)[C@H]1COc2ccccc2O1. The Kier molecular flexibility index (Phi) is 3.77. The molecule has 1 N–H and O–H groups in total. The number of hydrogen-bond acceptors (Lipinski definition) is 4. The maximum atomic E-state index is 9.25. The topological polar surface area (TPSA) is 51.1 Å². The van der Waals surface area contributed by atoms with Gasteiger partial charge in [-0.3, -0.25) is 4.99 Å². The maximum absolute atomic E-state index is 9.25. The average Bonchev–Trinajstić information content (AvgIpc) is 2.53. The van der Waals surface area contributed by atoms with Crippen molar-refractivity contribution in [1.82, 2.24) is 0 Å². The Balaban J connectivity index is 1.66. The first-order valence-electron chi connectivity index (χ1n) is 6.93. The van der Waals surface area contributed by atoms with Crippen molar-refractivity contribution in [3.63, 3.8) is 0 Å². The minimum Gasteiger partial charge on any atom is -0.508 e. The van der Waals surface area contributed by atoms with E-state index >= 15 is 0 Å². The summed E-state index contributed by atoms with van der Waals surface area (Å²) in [5.41, 5.74) is 0.941. The lowest BCUT2D eigenvalue weighted by atomic mass is 10.1. The molecule has 0 aliphatic carbocycles. The van der Waals surface area contributed by atoms with E-state index in [0.29, 0.717) is 6.61 Å². The number of fused-ring (bicyclic) bond motifs is 1. The van der Waals surface area contributed by atoms with Gasteiger partial charge in [-0.05, 0) is 48.9 Å². The molecule has 108 valence electrons. The Morgan fingerprint density at radius 3 is 2.62 bits per heavy atom. The van der Waals surface area contributed by atoms with Crippen molar-refractivity contribution in [3.8, 4) is 17.2 Å². The first kappa shape index (κ1) is 13.5. The molecule has 2 aromatic rings. The van der Waals surface area contributed by atoms with Gasteiger partial charge in [0.15, 0.2) is 17.6 Å². The van der Waals surface area contributed by atoms with Gasteiger partial charge in [-0.1, -0.05) is 12.1 Å². The van der Waals surface area contributed by atoms with Gasteiger partial charge in [0.05, 0.1) is 6.04 Å². The van der Waals surface area contributed by atoms with Gasteiger partial charge in [0, 0.05) is 6.21 Å². The highest BCUT2D eigenvalue weighted by Gasteiger charge is 2.25. The molecule has 0 amide bonds. The lowest BCUT2D eigenvalue weighted by Gasteiger charge is -2.28. The Labute approximate surface area is 123 Å². The third-order valence-electron chi connectivity index (χ3n) is 3.42. The zero-order valence-corrected chi connectivity index (χ0v) is 11.8. The summed E-state index contributed by atoms with van der Waals surface area (Å²) in [6.07, 6.45) is 1.68. The highest BCUT2D eigenvalue weighted by molar-refractivity contribution is 5.79. The van der Waals surface area contributed by atoms with E-state index in [-0.39, 0.29) is 17.9 Å². The van der Waals surface area contributed by atoms with Crippen molar-refractivity contribution < 1.29 is 14.6 Å². The molecule has 2 atom stereocenters. The molecule has 4 heteroatoms. The predicted octanol–water partition coefficient (Wildman–Crippen LogP) is 3.04. The number of ether oxygens (including phenoxy) is 2. The predicted molar refractivity (Wildman–Crippen MR) is 81.5 cm³/mol. The number of aliphatic imine (C=N–C) groups is 1. The van der Waals surface area contributed by atoms with E-state index in [0.717, 1.165) is 17.1 Å². The summed E-state index contributed by atoms with van der Waals surface area (Å²) in [7, 11) is 0. The molecular weight excluding hydrogens is 266 g/mol. The Morgan fingerprint density at radius 2 is 1.86 bits per heavy atom. The highest BCUT2D eigenvalue weighted by atomic mass is 16.6. The summed E-state index contributed by atoms with van der Waals surface area (Å²) < 4.78 is 11.6. The quantitative estimate of drug-likeness (QED) is 0.881. The van der Waals surface area contributed by atoms with Gasteiger partial charge in [-0.15, -0.1) is 0 Å². The van der Waals surface area contributed by atoms with Crippen LogP contribution in [0.5, 0.6) is 17.2 Å². The van der Waals surface area contributed by atoms with Crippen molar-refractivity contribution in [2.24, 2.45) is 4.99 Å². The molecule has 0 radical (unpaired) electrons. The second-order valence-electron chi connectivity index (χ2n) is 5.02. The van der Waals surface area contributed by atoms with Gasteiger partial charge in [0.2, 0.25) is 0 Å². The van der Waals surface area contributed by atoms with Gasteiger partial charge in [-0.25, -0.2) is 0 Å². The maximum Gasteiger partial charge on any atom is 0.161 e. The Hall–Kier alpha value is -2.49. The molecule has 1 aliphatic heterocycles. The van der Waals surface area contributed by atoms with Crippen LogP contribution < -0.4 is 9.47 Å². The van der Waals surface area contributed by atoms with Gasteiger partial charge < -0.3 is 14.6 Å². The summed E-state index contributed by atoms with van der Waals surface area (Å²) in [5.74, 6) is 1.80. The van der Waals surface area contributed by atoms with E-state index in [2.05, 4.69) is 4.99 Å². The lowest BCUT2D eigenvalue weighted by molar-refractivity contribution is 0.0771. The van der Waals surface area contributed by atoms with Crippen LogP contribution in [-0.4, -0.2) is 30.1 Å². The minimum absolute atomic E-state index is 0.0211. The van der Waals surface area contributed by atoms with Gasteiger partial charge in [-0.2, -0.15) is 0 Å². The molecule has 0 unspecified atom stereocenters. The van der Waals surface area contributed by atoms with E-state index < -0.39 is 0 Å². The van der Waals surface area contributed by atoms with Crippen molar-refractivity contribution in [2.75, 3.05) is 6.61 Å². The van der Waals surface area contributed by atoms with Crippen LogP contribution in [0.15, 0.2) is 53.5 Å². The van der Waals surface area contributed by atoms with Crippen LogP contribution >= 0.6 is 0 Å². The summed E-state index contributed by atoms with van der Waals surface area (Å²) in [6.45, 7) is 2.49. The zero-order chi connectivity index (χ0) is 14.7. The molecule has 0 fully saturated rings. The number of rotatable bonds is 3. The van der Waals surface area contributed by atoms with E-state index in [1.165, 1.54) is 0 Å². The van der Waals surface area contributed by atoms with Crippen LogP contribution in [0.1, 0.15) is 12.5 Å². The lowest BCUT2D eigenvalue weighted by Crippen LogP contribution is -2.37. The normalized spacial score (nSPS) is 18.6. The molecule has 0 bridgehead atoms. The molecule has 0 saturated carbocycles. The fraction of sp³-hybridized carbons (Fsp3) is 0.235. The number of phenolic OH excluding ortho intramolecular Hbond substituents is 1. The van der Waals surface area contributed by atoms with E-state index in [1.807, 2.05) is 43.3 Å². The average molecular weight is 283 g/mol. The first-order valence-corrected chi connectivity index (χ1v) is 6.93. The van der Waals surface area contributed by atoms with Crippen LogP contribution in [0.3, 0.4) is 0 Å². The van der Waals surface area contributed by atoms with Crippen molar-refractivity contribution in [1.29, 1.82) is 0 Å². The number of para-hydroxylation sites is 2. The minimum atomic E-state index is -0.103. The van der Waals surface area contributed by atoms with Gasteiger partial charge in [0.1, 0.15) is 12.4 Å². The smallest absolute Gasteiger partial charge is 0.161 e. The van der Waals surface area contributed by atoms with Crippen LogP contribution in [0.4, 0.5) is 0 Å². The van der Waals surface area contributed by atoms with Crippen LogP contribution in [0, 0.1) is 0 Å². The van der Waals surface area contributed by atoms with Crippen LogP contribution in [-0.2, 0) is 0 Å². The molecule has 1 heterocycles. The number of nitrogens with zero attached hydrogens (tertiary/aromatic N) is 1. The standard InChI is InChI=1S/C17H17NO3/c1-12(18-10-13-6-8-14(19)9-7-13)17-11-20-15-4-2-3-5-16(15)21-17/h2-10,12,17,19H,11H2,1H3/t12-,17-/m1/s1. The summed E-state index contributed by atoms with van der Waals surface area (Å²) >= 11 is 0. The third kappa shape index (κ3) is 3.16. The van der Waals surface area contributed by atoms with E-state index in [1.54, 1.807) is 18.3 Å². The molecule has 4 nitrogen and oxygen atoms in total. The summed E-state index contributed by atoms with van der Waals surface area (Å²) in [4.78, 5) is 4.51. The third-order valence-corrected chi connectivity index (χ3v) is 3.42. The second-order valence-corrected chi connectivity index (χ2v) is 5.02. The van der Waals surface area contributed by atoms with Crippen molar-refractivity contribution in [2.45, 2.75) is 19.1 Å². The summed E-state index contributed by atoms with van der Waals surface area (Å²) in [5, 5.41) is 9.25. The van der Waals surface area contributed by atoms with Crippen LogP contribution in [0.25, 0.3) is 0 Å². The number of phenols is 1. The second kappa shape index (κ2) is 5.87. The molecule has 1 aliphatic rings. The fourth-order valence-corrected chi connectivity index (χ4v) is 2.13. The molecule has 0 saturated heterocycles. The van der Waals surface area contributed by atoms with Gasteiger partial charge >= 0.3 is 0 Å². The fourth-order valence-electron chi connectivity index (χ4n) is 2.13. The molecule has 0 aromatic heterocycles. The largest absolute Gasteiger partial charge is 0.508 e. The Morgan fingerprint density at radius 1 is 1.14 bits per heavy atom. The molecule has 21 heavy (non-hydrogen) atoms. The number of aromatic hydroxyl groups is 1. The van der Waals surface area contributed by atoms with Gasteiger partial charge in [0.25, 0.3) is 0 Å². The summed E-state index contributed by atoms with van der Waals surface area (Å²) in [6, 6.07) is 14.5. The van der Waals surface area contributed by atoms with Crippen LogP contribution in [0.2, 0.25) is 0 Å². The number of hydrogen-bond donors (Lipinski definition) is 1. The van der Waals surface area contributed by atoms with Crippen molar-refractivity contribution >= 4 is 6.21 Å². The Bertz CT molecular complexity index is 637. The van der Waals surface area contributed by atoms with E-state index in [9.17, 15) is 5.11 Å². The number of benzene rings is 2. The molecule has 2 aromatic carbocycles. The zero-order valence-electron chi connectivity index (χ0n) is 11.8. The van der Waals surface area contributed by atoms with E-state index in [4.69, 9.17) is 9.47 Å². The molecular formula is C17H17NO3. The highest BCUT2D eigenvalue weighted by Crippen LogP contribution is 2.31. The molecule has 3 rings (SSSR count). The van der Waals surface area contributed by atoms with Crippen molar-refractivity contribution in [3.05, 3.63) is 54.1 Å². The first-order chi connectivity index (χ1) is 10.2. The monoisotopic (exact) mass is 283 g/mol.